The van der Waals surface area contributed by atoms with E-state index in [2.05, 4.69) is 14.9 Å². The van der Waals surface area contributed by atoms with Crippen molar-refractivity contribution in [3.63, 3.8) is 0 Å². The van der Waals surface area contributed by atoms with Gasteiger partial charge in [0.1, 0.15) is 16.5 Å². The molecule has 2 aromatic heterocycles. The van der Waals surface area contributed by atoms with Crippen molar-refractivity contribution in [1.82, 2.24) is 19.9 Å². The maximum absolute atomic E-state index is 13.0. The van der Waals surface area contributed by atoms with Crippen molar-refractivity contribution < 1.29 is 4.79 Å². The molecule has 1 amide bonds. The lowest BCUT2D eigenvalue weighted by Crippen LogP contribution is -2.49. The van der Waals surface area contributed by atoms with E-state index in [0.29, 0.717) is 5.92 Å². The standard InChI is InChI=1S/C19H25N5OS/c1-13-17(26-18(21-13)15-5-3-4-6-15)19(25)24-11-9-23(10-12-24)16-7-8-20-14(2)22-16/h7-8,15H,3-6,9-12H2,1-2H3. The van der Waals surface area contributed by atoms with Gasteiger partial charge in [0.25, 0.3) is 5.91 Å². The van der Waals surface area contributed by atoms with Gasteiger partial charge >= 0.3 is 0 Å². The molecular weight excluding hydrogens is 346 g/mol. The molecule has 26 heavy (non-hydrogen) atoms. The Kier molecular flexibility index (Phi) is 4.89. The predicted octanol–water partition coefficient (Wildman–Crippen LogP) is 3.17. The van der Waals surface area contributed by atoms with Gasteiger partial charge in [0.05, 0.1) is 10.7 Å². The molecule has 0 unspecified atom stereocenters. The van der Waals surface area contributed by atoms with Crippen LogP contribution in [-0.4, -0.2) is 51.9 Å². The minimum absolute atomic E-state index is 0.141. The number of aryl methyl sites for hydroxylation is 2. The van der Waals surface area contributed by atoms with Gasteiger partial charge in [-0.3, -0.25) is 4.79 Å². The monoisotopic (exact) mass is 371 g/mol. The van der Waals surface area contributed by atoms with E-state index >= 15 is 0 Å². The largest absolute Gasteiger partial charge is 0.353 e. The molecule has 1 aliphatic carbocycles. The molecular formula is C19H25N5OS. The van der Waals surface area contributed by atoms with E-state index < -0.39 is 0 Å². The zero-order valence-electron chi connectivity index (χ0n) is 15.4. The van der Waals surface area contributed by atoms with Gasteiger partial charge in [-0.1, -0.05) is 12.8 Å². The zero-order valence-corrected chi connectivity index (χ0v) is 16.3. The average molecular weight is 372 g/mol. The maximum Gasteiger partial charge on any atom is 0.265 e. The highest BCUT2D eigenvalue weighted by atomic mass is 32.1. The van der Waals surface area contributed by atoms with Gasteiger partial charge < -0.3 is 9.80 Å². The van der Waals surface area contributed by atoms with Crippen LogP contribution < -0.4 is 4.90 Å². The summed E-state index contributed by atoms with van der Waals surface area (Å²) in [5, 5.41) is 1.17. The van der Waals surface area contributed by atoms with Crippen molar-refractivity contribution in [2.75, 3.05) is 31.1 Å². The van der Waals surface area contributed by atoms with E-state index in [0.717, 1.165) is 48.4 Å². The van der Waals surface area contributed by atoms with Crippen LogP contribution in [0.1, 0.15) is 57.8 Å². The van der Waals surface area contributed by atoms with Crippen LogP contribution in [0.2, 0.25) is 0 Å². The van der Waals surface area contributed by atoms with Crippen molar-refractivity contribution in [3.05, 3.63) is 33.7 Å². The van der Waals surface area contributed by atoms with Crippen LogP contribution in [0.15, 0.2) is 12.3 Å². The Morgan fingerprint density at radius 2 is 1.85 bits per heavy atom. The topological polar surface area (TPSA) is 62.2 Å². The Morgan fingerprint density at radius 1 is 1.12 bits per heavy atom. The van der Waals surface area contributed by atoms with Crippen LogP contribution >= 0.6 is 11.3 Å². The van der Waals surface area contributed by atoms with E-state index in [1.54, 1.807) is 17.5 Å². The Bertz CT molecular complexity index is 791. The third-order valence-electron chi connectivity index (χ3n) is 5.36. The Morgan fingerprint density at radius 3 is 2.54 bits per heavy atom. The number of rotatable bonds is 3. The lowest BCUT2D eigenvalue weighted by atomic mass is 10.1. The summed E-state index contributed by atoms with van der Waals surface area (Å²) in [6.45, 7) is 6.92. The van der Waals surface area contributed by atoms with E-state index in [1.165, 1.54) is 30.7 Å². The fourth-order valence-electron chi connectivity index (χ4n) is 3.87. The van der Waals surface area contributed by atoms with Crippen LogP contribution in [0.4, 0.5) is 5.82 Å². The summed E-state index contributed by atoms with van der Waals surface area (Å²) in [5.41, 5.74) is 0.899. The van der Waals surface area contributed by atoms with Crippen LogP contribution in [0.3, 0.4) is 0 Å². The molecule has 2 aliphatic rings. The number of aromatic nitrogens is 3. The Hall–Kier alpha value is -2.02. The van der Waals surface area contributed by atoms with Gasteiger partial charge in [-0.05, 0) is 32.8 Å². The molecule has 3 heterocycles. The van der Waals surface area contributed by atoms with Crippen molar-refractivity contribution >= 4 is 23.1 Å². The van der Waals surface area contributed by atoms with Crippen LogP contribution in [0, 0.1) is 13.8 Å². The lowest BCUT2D eigenvalue weighted by molar-refractivity contribution is 0.0750. The normalized spacial score (nSPS) is 18.5. The Balaban J connectivity index is 1.42. The van der Waals surface area contributed by atoms with Crippen molar-refractivity contribution in [3.8, 4) is 0 Å². The molecule has 0 aromatic carbocycles. The third kappa shape index (κ3) is 3.45. The minimum Gasteiger partial charge on any atom is -0.353 e. The van der Waals surface area contributed by atoms with E-state index in [1.807, 2.05) is 24.8 Å². The fraction of sp³-hybridized carbons (Fsp3) is 0.579. The van der Waals surface area contributed by atoms with E-state index in [9.17, 15) is 4.79 Å². The summed E-state index contributed by atoms with van der Waals surface area (Å²) in [7, 11) is 0. The number of hydrogen-bond acceptors (Lipinski definition) is 6. The molecule has 0 atom stereocenters. The molecule has 1 saturated heterocycles. The molecule has 2 fully saturated rings. The summed E-state index contributed by atoms with van der Waals surface area (Å²) >= 11 is 1.62. The molecule has 1 aliphatic heterocycles. The highest BCUT2D eigenvalue weighted by Crippen LogP contribution is 2.37. The van der Waals surface area contributed by atoms with Crippen LogP contribution in [0.25, 0.3) is 0 Å². The first kappa shape index (κ1) is 17.4. The second kappa shape index (κ2) is 7.31. The van der Waals surface area contributed by atoms with Crippen molar-refractivity contribution in [2.45, 2.75) is 45.4 Å². The van der Waals surface area contributed by atoms with Crippen molar-refractivity contribution in [2.24, 2.45) is 0 Å². The number of nitrogens with zero attached hydrogens (tertiary/aromatic N) is 5. The first-order valence-electron chi connectivity index (χ1n) is 9.43. The first-order valence-corrected chi connectivity index (χ1v) is 10.2. The number of carbonyl (C=O) groups excluding carboxylic acids is 1. The van der Waals surface area contributed by atoms with Crippen LogP contribution in [-0.2, 0) is 0 Å². The third-order valence-corrected chi connectivity index (χ3v) is 6.67. The second-order valence-corrected chi connectivity index (χ2v) is 8.22. The zero-order chi connectivity index (χ0) is 18.1. The fourth-order valence-corrected chi connectivity index (χ4v) is 5.07. The second-order valence-electron chi connectivity index (χ2n) is 7.19. The summed E-state index contributed by atoms with van der Waals surface area (Å²) < 4.78 is 0. The molecule has 0 bridgehead atoms. The number of piperazine rings is 1. The molecule has 1 saturated carbocycles. The summed E-state index contributed by atoms with van der Waals surface area (Å²) in [6, 6.07) is 1.94. The Labute approximate surface area is 158 Å². The quantitative estimate of drug-likeness (QED) is 0.829. The van der Waals surface area contributed by atoms with Crippen molar-refractivity contribution in [1.29, 1.82) is 0 Å². The first-order chi connectivity index (χ1) is 12.6. The molecule has 138 valence electrons. The maximum atomic E-state index is 13.0. The number of hydrogen-bond donors (Lipinski definition) is 0. The van der Waals surface area contributed by atoms with Gasteiger partial charge in [-0.15, -0.1) is 11.3 Å². The number of carbonyl (C=O) groups is 1. The average Bonchev–Trinajstić information content (AvgIpc) is 3.31. The molecule has 7 heteroatoms. The number of anilines is 1. The van der Waals surface area contributed by atoms with Gasteiger partial charge in [0.15, 0.2) is 0 Å². The summed E-state index contributed by atoms with van der Waals surface area (Å²) in [6.07, 6.45) is 6.81. The molecule has 2 aromatic rings. The number of amides is 1. The molecule has 0 radical (unpaired) electrons. The van der Waals surface area contributed by atoms with Crippen LogP contribution in [0.5, 0.6) is 0 Å². The van der Waals surface area contributed by atoms with Gasteiger partial charge in [-0.25, -0.2) is 15.0 Å². The molecule has 0 spiro atoms. The minimum atomic E-state index is 0.141. The SMILES string of the molecule is Cc1nccc(N2CCN(C(=O)c3sc(C4CCCC4)nc3C)CC2)n1. The lowest BCUT2D eigenvalue weighted by Gasteiger charge is -2.35. The smallest absolute Gasteiger partial charge is 0.265 e. The predicted molar refractivity (Wildman–Crippen MR) is 103 cm³/mol. The molecule has 6 nitrogen and oxygen atoms in total. The summed E-state index contributed by atoms with van der Waals surface area (Å²) in [4.78, 5) is 31.4. The molecule has 0 N–H and O–H groups in total. The number of thiazole rings is 1. The van der Waals surface area contributed by atoms with Gasteiger partial charge in [-0.2, -0.15) is 0 Å². The highest BCUT2D eigenvalue weighted by molar-refractivity contribution is 7.13. The summed E-state index contributed by atoms with van der Waals surface area (Å²) in [5.74, 6) is 2.43. The van der Waals surface area contributed by atoms with Gasteiger partial charge in [0.2, 0.25) is 0 Å². The highest BCUT2D eigenvalue weighted by Gasteiger charge is 2.28. The van der Waals surface area contributed by atoms with E-state index in [4.69, 9.17) is 4.98 Å². The molecule has 4 rings (SSSR count). The van der Waals surface area contributed by atoms with E-state index in [-0.39, 0.29) is 5.91 Å². The van der Waals surface area contributed by atoms with Gasteiger partial charge in [0, 0.05) is 38.3 Å².